The van der Waals surface area contributed by atoms with E-state index in [1.54, 1.807) is 11.3 Å². The van der Waals surface area contributed by atoms with E-state index in [1.807, 2.05) is 38.7 Å². The van der Waals surface area contributed by atoms with Crippen molar-refractivity contribution in [3.8, 4) is 6.07 Å². The highest BCUT2D eigenvalue weighted by molar-refractivity contribution is 7.19. The zero-order chi connectivity index (χ0) is 26.8. The van der Waals surface area contributed by atoms with Gasteiger partial charge in [-0.2, -0.15) is 5.26 Å². The molecule has 0 radical (unpaired) electrons. The Bertz CT molecular complexity index is 1450. The lowest BCUT2D eigenvalue weighted by Gasteiger charge is -2.42. The fourth-order valence-electron chi connectivity index (χ4n) is 6.49. The summed E-state index contributed by atoms with van der Waals surface area (Å²) in [5, 5.41) is 11.2. The third-order valence-electron chi connectivity index (χ3n) is 8.23. The zero-order valence-electron chi connectivity index (χ0n) is 22.6. The first-order chi connectivity index (χ1) is 18.1. The molecule has 1 aliphatic carbocycles. The lowest BCUT2D eigenvalue weighted by molar-refractivity contribution is 0.0123. The van der Waals surface area contributed by atoms with Gasteiger partial charge in [0.15, 0.2) is 0 Å². The highest BCUT2D eigenvalue weighted by Gasteiger charge is 2.44. The smallest absolute Gasteiger partial charge is 0.410 e. The van der Waals surface area contributed by atoms with Crippen LogP contribution in [0.5, 0.6) is 0 Å². The molecule has 0 saturated carbocycles. The first-order valence-electron chi connectivity index (χ1n) is 13.6. The number of hydrogen-bond donors (Lipinski definition) is 1. The summed E-state index contributed by atoms with van der Waals surface area (Å²) in [6.45, 7) is 9.20. The monoisotopic (exact) mass is 529 g/mol. The molecule has 0 spiro atoms. The molecular weight excluding hydrogens is 494 g/mol. The largest absolute Gasteiger partial charge is 0.444 e. The highest BCUT2D eigenvalue weighted by Crippen LogP contribution is 2.44. The quantitative estimate of drug-likeness (QED) is 0.443. The molecule has 3 unspecified atom stereocenters. The number of nitrogens with zero attached hydrogens (tertiary/aromatic N) is 4. The number of ether oxygens (including phenoxy) is 1. The minimum atomic E-state index is -0.506. The van der Waals surface area contributed by atoms with Crippen LogP contribution < -0.4 is 10.6 Å². The van der Waals surface area contributed by atoms with Gasteiger partial charge in [0.05, 0.1) is 29.0 Å². The number of carbonyl (C=O) groups is 1. The molecule has 3 atom stereocenters. The number of nitrogen functional groups attached to an aromatic ring is 1. The molecule has 2 N–H and O–H groups in total. The average molecular weight is 530 g/mol. The van der Waals surface area contributed by atoms with E-state index in [9.17, 15) is 10.1 Å². The number of nitrogens with two attached hydrogens (primary N) is 1. The minimum absolute atomic E-state index is 0.115. The van der Waals surface area contributed by atoms with Crippen LogP contribution in [0.15, 0.2) is 24.3 Å². The van der Waals surface area contributed by atoms with Crippen molar-refractivity contribution in [3.05, 3.63) is 51.5 Å². The van der Waals surface area contributed by atoms with Crippen molar-refractivity contribution >= 4 is 39.0 Å². The van der Waals surface area contributed by atoms with Gasteiger partial charge in [-0.15, -0.1) is 11.3 Å². The van der Waals surface area contributed by atoms with Gasteiger partial charge in [-0.25, -0.2) is 9.78 Å². The zero-order valence-corrected chi connectivity index (χ0v) is 23.4. The maximum absolute atomic E-state index is 12.9. The number of rotatable bonds is 2. The van der Waals surface area contributed by atoms with Crippen molar-refractivity contribution in [2.45, 2.75) is 83.4 Å². The first kappa shape index (κ1) is 25.0. The number of piperazine rings is 1. The fraction of sp³-hybridized carbons (Fsp3) is 0.500. The Kier molecular flexibility index (Phi) is 6.03. The Labute approximate surface area is 228 Å². The van der Waals surface area contributed by atoms with Crippen LogP contribution in [0.1, 0.15) is 73.2 Å². The Morgan fingerprint density at radius 2 is 1.89 bits per heavy atom. The number of carbonyl (C=O) groups excluding carboxylic acids is 1. The van der Waals surface area contributed by atoms with E-state index in [2.05, 4.69) is 29.2 Å². The molecule has 3 aliphatic rings. The van der Waals surface area contributed by atoms with Crippen molar-refractivity contribution in [2.24, 2.45) is 0 Å². The van der Waals surface area contributed by atoms with Crippen molar-refractivity contribution < 1.29 is 9.53 Å². The second-order valence-electron chi connectivity index (χ2n) is 12.1. The SMILES string of the molecule is Cc1ccc2c(N)c(C3CCc4cc(N5CC6CCC(C5)N6C(=O)OC(C)(C)C)c(C#N)cc4C3)sc2n1. The average Bonchev–Trinajstić information content (AvgIpc) is 3.33. The van der Waals surface area contributed by atoms with Gasteiger partial charge < -0.3 is 15.4 Å². The van der Waals surface area contributed by atoms with Gasteiger partial charge in [-0.05, 0) is 101 Å². The van der Waals surface area contributed by atoms with Gasteiger partial charge >= 0.3 is 6.09 Å². The van der Waals surface area contributed by atoms with Crippen LogP contribution >= 0.6 is 11.3 Å². The van der Waals surface area contributed by atoms with Gasteiger partial charge in [0.2, 0.25) is 0 Å². The normalized spacial score (nSPS) is 22.9. The van der Waals surface area contributed by atoms with E-state index < -0.39 is 5.60 Å². The summed E-state index contributed by atoms with van der Waals surface area (Å²) in [7, 11) is 0. The van der Waals surface area contributed by atoms with Crippen molar-refractivity contribution in [1.82, 2.24) is 9.88 Å². The first-order valence-corrected chi connectivity index (χ1v) is 14.4. The Morgan fingerprint density at radius 1 is 1.16 bits per heavy atom. The molecule has 3 aromatic rings. The molecule has 2 saturated heterocycles. The maximum Gasteiger partial charge on any atom is 0.410 e. The van der Waals surface area contributed by atoms with Crippen LogP contribution in [0.3, 0.4) is 0 Å². The highest BCUT2D eigenvalue weighted by atomic mass is 32.1. The van der Waals surface area contributed by atoms with Crippen molar-refractivity contribution in [1.29, 1.82) is 5.26 Å². The lowest BCUT2D eigenvalue weighted by Crippen LogP contribution is -2.57. The molecule has 2 aromatic heterocycles. The van der Waals surface area contributed by atoms with Gasteiger partial charge in [0, 0.05) is 29.0 Å². The van der Waals surface area contributed by atoms with Gasteiger partial charge in [-0.3, -0.25) is 4.90 Å². The number of pyridine rings is 1. The summed E-state index contributed by atoms with van der Waals surface area (Å²) < 4.78 is 5.70. The number of aromatic nitrogens is 1. The van der Waals surface area contributed by atoms with E-state index in [0.29, 0.717) is 5.92 Å². The molecule has 1 aromatic carbocycles. The number of nitriles is 1. The van der Waals surface area contributed by atoms with E-state index in [0.717, 1.165) is 78.0 Å². The number of benzene rings is 1. The molecule has 6 rings (SSSR count). The second kappa shape index (κ2) is 9.16. The molecule has 38 heavy (non-hydrogen) atoms. The number of hydrogen-bond acceptors (Lipinski definition) is 7. The molecule has 8 heteroatoms. The standard InChI is InChI=1S/C30H35N5O2S/c1-17-5-10-24-26(32)27(38-28(24)33-17)19-7-6-18-13-25(21(14-31)12-20(18)11-19)34-15-22-8-9-23(16-34)35(22)29(36)37-30(2,3)4/h5,10,12-13,19,22-23H,6-9,11,15-16,32H2,1-4H3. The third kappa shape index (κ3) is 4.37. The van der Waals surface area contributed by atoms with Gasteiger partial charge in [-0.1, -0.05) is 0 Å². The topological polar surface area (TPSA) is 95.5 Å². The summed E-state index contributed by atoms with van der Waals surface area (Å²) in [4.78, 5) is 24.1. The summed E-state index contributed by atoms with van der Waals surface area (Å²) in [6.07, 6.45) is 4.61. The lowest BCUT2D eigenvalue weighted by atomic mass is 9.81. The van der Waals surface area contributed by atoms with E-state index in [4.69, 9.17) is 15.5 Å². The van der Waals surface area contributed by atoms with Gasteiger partial charge in [0.1, 0.15) is 16.5 Å². The second-order valence-corrected chi connectivity index (χ2v) is 13.1. The van der Waals surface area contributed by atoms with Crippen LogP contribution in [-0.2, 0) is 17.6 Å². The Balaban J connectivity index is 1.24. The number of amides is 1. The van der Waals surface area contributed by atoms with Crippen molar-refractivity contribution in [2.75, 3.05) is 23.7 Å². The number of anilines is 2. The van der Waals surface area contributed by atoms with E-state index in [1.165, 1.54) is 16.0 Å². The summed E-state index contributed by atoms with van der Waals surface area (Å²) >= 11 is 1.72. The van der Waals surface area contributed by atoms with Crippen LogP contribution in [0.4, 0.5) is 16.2 Å². The van der Waals surface area contributed by atoms with E-state index >= 15 is 0 Å². The molecule has 2 fully saturated rings. The Hall–Kier alpha value is -3.31. The molecule has 1 amide bonds. The predicted molar refractivity (Wildman–Crippen MR) is 152 cm³/mol. The molecule has 4 heterocycles. The van der Waals surface area contributed by atoms with Gasteiger partial charge in [0.25, 0.3) is 0 Å². The molecule has 198 valence electrons. The maximum atomic E-state index is 12.9. The summed E-state index contributed by atoms with van der Waals surface area (Å²) in [6, 6.07) is 11.1. The summed E-state index contributed by atoms with van der Waals surface area (Å²) in [5.74, 6) is 0.340. The number of thiophene rings is 1. The van der Waals surface area contributed by atoms with Crippen LogP contribution in [-0.4, -0.2) is 46.8 Å². The molecular formula is C30H35N5O2S. The van der Waals surface area contributed by atoms with Crippen LogP contribution in [0, 0.1) is 18.3 Å². The third-order valence-corrected chi connectivity index (χ3v) is 9.50. The number of aryl methyl sites for hydroxylation is 2. The van der Waals surface area contributed by atoms with Crippen LogP contribution in [0.2, 0.25) is 0 Å². The van der Waals surface area contributed by atoms with Crippen LogP contribution in [0.25, 0.3) is 10.2 Å². The van der Waals surface area contributed by atoms with E-state index in [-0.39, 0.29) is 18.2 Å². The molecule has 2 bridgehead atoms. The molecule has 7 nitrogen and oxygen atoms in total. The van der Waals surface area contributed by atoms with Crippen molar-refractivity contribution in [3.63, 3.8) is 0 Å². The summed E-state index contributed by atoms with van der Waals surface area (Å²) in [5.41, 5.74) is 12.2. The fourth-order valence-corrected chi connectivity index (χ4v) is 7.77. The Morgan fingerprint density at radius 3 is 2.58 bits per heavy atom. The minimum Gasteiger partial charge on any atom is -0.444 e. The predicted octanol–water partition coefficient (Wildman–Crippen LogP) is 5.92. The molecule has 2 aliphatic heterocycles. The number of fused-ring (bicyclic) bond motifs is 4.